The van der Waals surface area contributed by atoms with Gasteiger partial charge in [-0.25, -0.2) is 4.98 Å². The summed E-state index contributed by atoms with van der Waals surface area (Å²) in [5.74, 6) is 0. The average molecular weight is 215 g/mol. The smallest absolute Gasteiger partial charge is 0.384 e. The van der Waals surface area contributed by atoms with Crippen LogP contribution in [0.1, 0.15) is 18.2 Å². The Bertz CT molecular complexity index is 393. The van der Waals surface area contributed by atoms with Gasteiger partial charge in [-0.1, -0.05) is 0 Å². The molecular formula is C9H8F3N3. The zero-order valence-electron chi connectivity index (χ0n) is 7.89. The summed E-state index contributed by atoms with van der Waals surface area (Å²) in [5, 5.41) is 11.2. The molecule has 0 bridgehead atoms. The molecule has 1 heterocycles. The van der Waals surface area contributed by atoms with Crippen LogP contribution >= 0.6 is 0 Å². The average Bonchev–Trinajstić information content (AvgIpc) is 2.17. The minimum Gasteiger partial charge on any atom is -0.384 e. The molecule has 6 heteroatoms. The molecule has 0 unspecified atom stereocenters. The van der Waals surface area contributed by atoms with E-state index in [1.54, 1.807) is 6.92 Å². The molecule has 80 valence electrons. The molecule has 0 saturated carbocycles. The number of nitriles is 1. The van der Waals surface area contributed by atoms with E-state index < -0.39 is 17.4 Å². The van der Waals surface area contributed by atoms with Gasteiger partial charge in [-0.15, -0.1) is 0 Å². The van der Waals surface area contributed by atoms with Crippen molar-refractivity contribution >= 4 is 5.69 Å². The van der Waals surface area contributed by atoms with Crippen LogP contribution in [0.4, 0.5) is 18.9 Å². The molecule has 0 fully saturated rings. The number of aromatic nitrogens is 1. The zero-order chi connectivity index (χ0) is 11.5. The molecule has 1 N–H and O–H groups in total. The number of halogens is 3. The van der Waals surface area contributed by atoms with Crippen molar-refractivity contribution < 1.29 is 13.2 Å². The maximum Gasteiger partial charge on any atom is 0.419 e. The Morgan fingerprint density at radius 3 is 2.67 bits per heavy atom. The highest BCUT2D eigenvalue weighted by Crippen LogP contribution is 2.32. The molecule has 0 aliphatic carbocycles. The molecule has 0 atom stereocenters. The Hall–Kier alpha value is -1.77. The second-order valence-corrected chi connectivity index (χ2v) is 2.76. The Morgan fingerprint density at radius 2 is 2.20 bits per heavy atom. The molecule has 0 aromatic carbocycles. The summed E-state index contributed by atoms with van der Waals surface area (Å²) in [5.41, 5.74) is -1.36. The number of alkyl halides is 3. The largest absolute Gasteiger partial charge is 0.419 e. The van der Waals surface area contributed by atoms with E-state index in [-0.39, 0.29) is 5.69 Å². The summed E-state index contributed by atoms with van der Waals surface area (Å²) in [6.07, 6.45) is -3.35. The molecule has 0 amide bonds. The highest BCUT2D eigenvalue weighted by Gasteiger charge is 2.34. The Balaban J connectivity index is 3.21. The molecule has 1 rings (SSSR count). The lowest BCUT2D eigenvalue weighted by Gasteiger charge is -2.10. The van der Waals surface area contributed by atoms with Gasteiger partial charge in [-0.3, -0.25) is 0 Å². The number of hydrogen-bond acceptors (Lipinski definition) is 3. The van der Waals surface area contributed by atoms with E-state index in [1.165, 1.54) is 12.3 Å². The lowest BCUT2D eigenvalue weighted by molar-refractivity contribution is -0.138. The number of hydrogen-bond donors (Lipinski definition) is 1. The second-order valence-electron chi connectivity index (χ2n) is 2.76. The summed E-state index contributed by atoms with van der Waals surface area (Å²) in [6.45, 7) is 2.25. The SMILES string of the molecule is CCNc1cnc(C#N)c(C(F)(F)F)c1. The van der Waals surface area contributed by atoms with Crippen LogP contribution in [0.5, 0.6) is 0 Å². The zero-order valence-corrected chi connectivity index (χ0v) is 7.89. The van der Waals surface area contributed by atoms with Crippen molar-refractivity contribution in [3.05, 3.63) is 23.5 Å². The second kappa shape index (κ2) is 4.17. The summed E-state index contributed by atoms with van der Waals surface area (Å²) < 4.78 is 37.3. The van der Waals surface area contributed by atoms with Gasteiger partial charge in [0.1, 0.15) is 6.07 Å². The van der Waals surface area contributed by atoms with Crippen molar-refractivity contribution in [2.24, 2.45) is 0 Å². The standard InChI is InChI=1S/C9H8F3N3/c1-2-14-6-3-7(9(10,11)12)8(4-13)15-5-6/h3,5,14H,2H2,1H3. The number of anilines is 1. The van der Waals surface area contributed by atoms with Gasteiger partial charge in [0.25, 0.3) is 0 Å². The normalized spacial score (nSPS) is 10.9. The monoisotopic (exact) mass is 215 g/mol. The Morgan fingerprint density at radius 1 is 1.53 bits per heavy atom. The Kier molecular flexibility index (Phi) is 3.14. The van der Waals surface area contributed by atoms with E-state index in [2.05, 4.69) is 10.3 Å². The van der Waals surface area contributed by atoms with Gasteiger partial charge in [0.15, 0.2) is 5.69 Å². The predicted octanol–water partition coefficient (Wildman–Crippen LogP) is 2.40. The molecular weight excluding hydrogens is 207 g/mol. The molecule has 0 spiro atoms. The van der Waals surface area contributed by atoms with Crippen LogP contribution in [0.15, 0.2) is 12.3 Å². The van der Waals surface area contributed by atoms with Gasteiger partial charge in [0.2, 0.25) is 0 Å². The van der Waals surface area contributed by atoms with Crippen molar-refractivity contribution in [2.45, 2.75) is 13.1 Å². The molecule has 0 aliphatic heterocycles. The first-order valence-electron chi connectivity index (χ1n) is 4.20. The van der Waals surface area contributed by atoms with E-state index in [0.29, 0.717) is 6.54 Å². The van der Waals surface area contributed by atoms with Gasteiger partial charge in [0, 0.05) is 6.54 Å². The summed E-state index contributed by atoms with van der Waals surface area (Å²) in [4.78, 5) is 3.44. The van der Waals surface area contributed by atoms with Crippen molar-refractivity contribution in [1.29, 1.82) is 5.26 Å². The van der Waals surface area contributed by atoms with E-state index in [0.717, 1.165) is 6.07 Å². The fourth-order valence-electron chi connectivity index (χ4n) is 1.07. The van der Waals surface area contributed by atoms with Crippen molar-refractivity contribution in [3.8, 4) is 6.07 Å². The first kappa shape index (κ1) is 11.3. The number of pyridine rings is 1. The molecule has 0 saturated heterocycles. The van der Waals surface area contributed by atoms with Gasteiger partial charge < -0.3 is 5.32 Å². The third-order valence-electron chi connectivity index (χ3n) is 1.68. The summed E-state index contributed by atoms with van der Waals surface area (Å²) in [7, 11) is 0. The maximum atomic E-state index is 12.4. The lowest BCUT2D eigenvalue weighted by Crippen LogP contribution is -2.10. The van der Waals surface area contributed by atoms with Crippen molar-refractivity contribution in [2.75, 3.05) is 11.9 Å². The highest BCUT2D eigenvalue weighted by molar-refractivity contribution is 5.48. The van der Waals surface area contributed by atoms with Crippen molar-refractivity contribution in [1.82, 2.24) is 4.98 Å². The third-order valence-corrected chi connectivity index (χ3v) is 1.68. The number of nitrogens with one attached hydrogen (secondary N) is 1. The van der Waals surface area contributed by atoms with Crippen molar-refractivity contribution in [3.63, 3.8) is 0 Å². The summed E-state index contributed by atoms with van der Waals surface area (Å²) >= 11 is 0. The van der Waals surface area contributed by atoms with Crippen LogP contribution in [0.25, 0.3) is 0 Å². The first-order chi connectivity index (χ1) is 6.99. The van der Waals surface area contributed by atoms with Crippen LogP contribution in [0.3, 0.4) is 0 Å². The quantitative estimate of drug-likeness (QED) is 0.824. The van der Waals surface area contributed by atoms with E-state index in [4.69, 9.17) is 5.26 Å². The van der Waals surface area contributed by atoms with Crippen LogP contribution in [-0.4, -0.2) is 11.5 Å². The van der Waals surface area contributed by atoms with Crippen LogP contribution in [0.2, 0.25) is 0 Å². The topological polar surface area (TPSA) is 48.7 Å². The third kappa shape index (κ3) is 2.59. The van der Waals surface area contributed by atoms with Crippen LogP contribution < -0.4 is 5.32 Å². The van der Waals surface area contributed by atoms with Gasteiger partial charge in [-0.05, 0) is 13.0 Å². The highest BCUT2D eigenvalue weighted by atomic mass is 19.4. The molecule has 15 heavy (non-hydrogen) atoms. The minimum atomic E-state index is -4.55. The predicted molar refractivity (Wildman–Crippen MR) is 48.1 cm³/mol. The summed E-state index contributed by atoms with van der Waals surface area (Å²) in [6, 6.07) is 2.30. The lowest BCUT2D eigenvalue weighted by atomic mass is 10.2. The fraction of sp³-hybridized carbons (Fsp3) is 0.333. The van der Waals surface area contributed by atoms with E-state index >= 15 is 0 Å². The van der Waals surface area contributed by atoms with Gasteiger partial charge in [0.05, 0.1) is 17.4 Å². The Labute approximate surface area is 84.5 Å². The minimum absolute atomic E-state index is 0.254. The molecule has 0 aliphatic rings. The van der Waals surface area contributed by atoms with E-state index in [9.17, 15) is 13.2 Å². The maximum absolute atomic E-state index is 12.4. The molecule has 0 radical (unpaired) electrons. The first-order valence-corrected chi connectivity index (χ1v) is 4.20. The van der Waals surface area contributed by atoms with Gasteiger partial charge in [-0.2, -0.15) is 18.4 Å². The molecule has 1 aromatic rings. The van der Waals surface area contributed by atoms with Crippen LogP contribution in [-0.2, 0) is 6.18 Å². The number of rotatable bonds is 2. The van der Waals surface area contributed by atoms with Gasteiger partial charge >= 0.3 is 6.18 Å². The van der Waals surface area contributed by atoms with Crippen LogP contribution in [0, 0.1) is 11.3 Å². The van der Waals surface area contributed by atoms with E-state index in [1.807, 2.05) is 0 Å². The fourth-order valence-corrected chi connectivity index (χ4v) is 1.07. The number of nitrogens with zero attached hydrogens (tertiary/aromatic N) is 2. The molecule has 3 nitrogen and oxygen atoms in total. The molecule has 1 aromatic heterocycles.